The van der Waals surface area contributed by atoms with Gasteiger partial charge in [0.2, 0.25) is 11.8 Å². The van der Waals surface area contributed by atoms with Crippen molar-refractivity contribution >= 4 is 28.6 Å². The van der Waals surface area contributed by atoms with Gasteiger partial charge in [0, 0.05) is 42.6 Å². The maximum Gasteiger partial charge on any atom is 0.258 e. The number of rotatable bonds is 4. The molecule has 4 heterocycles. The van der Waals surface area contributed by atoms with Crippen LogP contribution in [-0.4, -0.2) is 67.9 Å². The predicted molar refractivity (Wildman–Crippen MR) is 169 cm³/mol. The monoisotopic (exact) mass is 582 g/mol. The van der Waals surface area contributed by atoms with Gasteiger partial charge < -0.3 is 19.5 Å². The molecule has 1 aliphatic heterocycles. The molecule has 4 aromatic rings. The SMILES string of the molecule is Cc1cc2cc(n1)-c1cnn(C)c1OCCCC(C1CC1)Cn1c(nc3ccc(NC4CCC(N(C)C)C4)cc31)NC2=O. The number of anilines is 2. The molecule has 1 aromatic carbocycles. The molecule has 10 nitrogen and oxygen atoms in total. The van der Waals surface area contributed by atoms with E-state index >= 15 is 0 Å². The average molecular weight is 583 g/mol. The standard InChI is InChI=1S/C33H42N8O2/c1-20-14-23-15-29(35-20)27-18-34-40(4)32(27)43-13-5-6-22(21-7-8-21)19-41-30-17-25(36-24-9-11-26(16-24)39(2)3)10-12-28(30)37-33(41)38-31(23)42/h10,12,14-15,17-18,21-22,24,26,36H,5-9,11,13,16,19H2,1-4H3,(H,37,38,42). The Balaban J connectivity index is 1.25. The maximum atomic E-state index is 13.8. The van der Waals surface area contributed by atoms with E-state index < -0.39 is 0 Å². The fourth-order valence-corrected chi connectivity index (χ4v) is 6.96. The minimum Gasteiger partial charge on any atom is -0.477 e. The van der Waals surface area contributed by atoms with Crippen LogP contribution in [0.15, 0.2) is 36.5 Å². The quantitative estimate of drug-likeness (QED) is 0.328. The average Bonchev–Trinajstić information content (AvgIpc) is 3.46. The van der Waals surface area contributed by atoms with E-state index in [1.165, 1.54) is 25.7 Å². The zero-order chi connectivity index (χ0) is 29.7. The van der Waals surface area contributed by atoms with Crippen LogP contribution in [0.3, 0.4) is 0 Å². The van der Waals surface area contributed by atoms with Gasteiger partial charge in [0.25, 0.3) is 5.91 Å². The van der Waals surface area contributed by atoms with Crippen molar-refractivity contribution < 1.29 is 9.53 Å². The molecule has 226 valence electrons. The van der Waals surface area contributed by atoms with Gasteiger partial charge in [0.05, 0.1) is 35.1 Å². The number of carbonyl (C=O) groups excluding carboxylic acids is 1. The van der Waals surface area contributed by atoms with E-state index in [2.05, 4.69) is 57.5 Å². The first-order valence-corrected chi connectivity index (χ1v) is 15.7. The van der Waals surface area contributed by atoms with Crippen molar-refractivity contribution in [3.63, 3.8) is 0 Å². The Bertz CT molecular complexity index is 1650. The fourth-order valence-electron chi connectivity index (χ4n) is 6.96. The van der Waals surface area contributed by atoms with Crippen LogP contribution >= 0.6 is 0 Å². The number of nitrogens with zero attached hydrogens (tertiary/aromatic N) is 6. The van der Waals surface area contributed by atoms with Crippen LogP contribution in [0.1, 0.15) is 61.0 Å². The van der Waals surface area contributed by atoms with Gasteiger partial charge in [0.1, 0.15) is 0 Å². The summed E-state index contributed by atoms with van der Waals surface area (Å²) in [7, 11) is 6.22. The molecular weight excluding hydrogens is 540 g/mol. The molecule has 2 aliphatic carbocycles. The van der Waals surface area contributed by atoms with Crippen molar-refractivity contribution in [3.05, 3.63) is 47.8 Å². The Labute approximate surface area is 252 Å². The zero-order valence-electron chi connectivity index (χ0n) is 25.6. The second kappa shape index (κ2) is 11.3. The van der Waals surface area contributed by atoms with Crippen molar-refractivity contribution in [1.82, 2.24) is 29.2 Å². The molecule has 7 rings (SSSR count). The number of aryl methyl sites for hydroxylation is 2. The van der Waals surface area contributed by atoms with E-state index in [0.717, 1.165) is 53.8 Å². The predicted octanol–water partition coefficient (Wildman–Crippen LogP) is 5.49. The summed E-state index contributed by atoms with van der Waals surface area (Å²) in [5.74, 6) is 2.24. The van der Waals surface area contributed by atoms with Gasteiger partial charge in [0.15, 0.2) is 0 Å². The first-order chi connectivity index (χ1) is 20.8. The molecule has 2 bridgehead atoms. The zero-order valence-corrected chi connectivity index (χ0v) is 25.6. The highest BCUT2D eigenvalue weighted by Gasteiger charge is 2.33. The largest absolute Gasteiger partial charge is 0.477 e. The van der Waals surface area contributed by atoms with Crippen LogP contribution in [0.25, 0.3) is 22.3 Å². The number of ether oxygens (including phenoxy) is 1. The molecule has 3 aliphatic rings. The molecule has 10 heteroatoms. The maximum absolute atomic E-state index is 13.8. The van der Waals surface area contributed by atoms with Crippen LogP contribution in [-0.2, 0) is 13.6 Å². The number of fused-ring (bicyclic) bond motifs is 7. The molecule has 3 aromatic heterocycles. The van der Waals surface area contributed by atoms with E-state index in [0.29, 0.717) is 53.6 Å². The Hall–Kier alpha value is -3.92. The number of hydrogen-bond acceptors (Lipinski definition) is 7. The third-order valence-electron chi connectivity index (χ3n) is 9.52. The van der Waals surface area contributed by atoms with Gasteiger partial charge in [-0.05, 0) is 108 Å². The highest BCUT2D eigenvalue weighted by atomic mass is 16.5. The minimum atomic E-state index is -0.202. The third-order valence-corrected chi connectivity index (χ3v) is 9.52. The molecule has 1 amide bonds. The van der Waals surface area contributed by atoms with Crippen LogP contribution in [0, 0.1) is 18.8 Å². The molecule has 43 heavy (non-hydrogen) atoms. The lowest BCUT2D eigenvalue weighted by atomic mass is 9.97. The highest BCUT2D eigenvalue weighted by molar-refractivity contribution is 6.05. The number of aromatic nitrogens is 5. The molecule has 3 atom stereocenters. The van der Waals surface area contributed by atoms with E-state index in [4.69, 9.17) is 14.7 Å². The Morgan fingerprint density at radius 3 is 2.70 bits per heavy atom. The summed E-state index contributed by atoms with van der Waals surface area (Å²) in [4.78, 5) is 25.8. The van der Waals surface area contributed by atoms with Crippen LogP contribution in [0.2, 0.25) is 0 Å². The molecule has 0 radical (unpaired) electrons. The lowest BCUT2D eigenvalue weighted by molar-refractivity contribution is 0.102. The highest BCUT2D eigenvalue weighted by Crippen LogP contribution is 2.41. The number of pyridine rings is 1. The van der Waals surface area contributed by atoms with Crippen molar-refractivity contribution in [3.8, 4) is 17.1 Å². The van der Waals surface area contributed by atoms with Crippen molar-refractivity contribution in [2.75, 3.05) is 31.3 Å². The molecule has 0 spiro atoms. The second-order valence-electron chi connectivity index (χ2n) is 12.9. The number of carbonyl (C=O) groups is 1. The van der Waals surface area contributed by atoms with Crippen LogP contribution < -0.4 is 15.4 Å². The number of nitrogens with one attached hydrogen (secondary N) is 2. The summed E-state index contributed by atoms with van der Waals surface area (Å²) < 4.78 is 10.3. The second-order valence-corrected chi connectivity index (χ2v) is 12.9. The van der Waals surface area contributed by atoms with Gasteiger partial charge >= 0.3 is 0 Å². The van der Waals surface area contributed by atoms with E-state index in [9.17, 15) is 4.79 Å². The van der Waals surface area contributed by atoms with E-state index in [1.807, 2.05) is 26.1 Å². The number of benzene rings is 1. The van der Waals surface area contributed by atoms with Crippen molar-refractivity contribution in [2.24, 2.45) is 18.9 Å². The van der Waals surface area contributed by atoms with Gasteiger partial charge in [-0.3, -0.25) is 15.1 Å². The van der Waals surface area contributed by atoms with Gasteiger partial charge in [-0.25, -0.2) is 9.67 Å². The van der Waals surface area contributed by atoms with Gasteiger partial charge in [-0.2, -0.15) is 5.10 Å². The molecule has 3 unspecified atom stereocenters. The number of hydrogen-bond donors (Lipinski definition) is 2. The van der Waals surface area contributed by atoms with Crippen LogP contribution in [0.4, 0.5) is 11.6 Å². The molecule has 2 saturated carbocycles. The van der Waals surface area contributed by atoms with E-state index in [1.54, 1.807) is 10.9 Å². The lowest BCUT2D eigenvalue weighted by Crippen LogP contribution is -2.26. The molecule has 2 fully saturated rings. The first-order valence-electron chi connectivity index (χ1n) is 15.7. The smallest absolute Gasteiger partial charge is 0.258 e. The first kappa shape index (κ1) is 27.9. The van der Waals surface area contributed by atoms with Crippen LogP contribution in [0.5, 0.6) is 5.88 Å². The topological polar surface area (TPSA) is 102 Å². The van der Waals surface area contributed by atoms with Crippen molar-refractivity contribution in [2.45, 2.75) is 70.5 Å². The molecular formula is C33H42N8O2. The summed E-state index contributed by atoms with van der Waals surface area (Å²) in [5.41, 5.74) is 5.81. The lowest BCUT2D eigenvalue weighted by Gasteiger charge is -2.21. The molecule has 0 saturated heterocycles. The molecule has 2 N–H and O–H groups in total. The summed E-state index contributed by atoms with van der Waals surface area (Å²) in [6.07, 6.45) is 9.78. The third kappa shape index (κ3) is 5.72. The summed E-state index contributed by atoms with van der Waals surface area (Å²) >= 11 is 0. The van der Waals surface area contributed by atoms with Gasteiger partial charge in [-0.15, -0.1) is 0 Å². The summed E-state index contributed by atoms with van der Waals surface area (Å²) in [6.45, 7) is 3.32. The van der Waals surface area contributed by atoms with Gasteiger partial charge in [-0.1, -0.05) is 0 Å². The summed E-state index contributed by atoms with van der Waals surface area (Å²) in [5, 5.41) is 11.4. The normalized spacial score (nSPS) is 22.8. The van der Waals surface area contributed by atoms with E-state index in [-0.39, 0.29) is 5.91 Å². The fraction of sp³-hybridized carbons (Fsp3) is 0.515. The Kier molecular flexibility index (Phi) is 7.33. The number of imidazole rings is 1. The Morgan fingerprint density at radius 1 is 1.05 bits per heavy atom. The van der Waals surface area contributed by atoms with Crippen molar-refractivity contribution in [1.29, 1.82) is 0 Å². The minimum absolute atomic E-state index is 0.202. The summed E-state index contributed by atoms with van der Waals surface area (Å²) in [6, 6.07) is 11.1. The Morgan fingerprint density at radius 2 is 1.91 bits per heavy atom. The number of amides is 1.